The van der Waals surface area contributed by atoms with Gasteiger partial charge < -0.3 is 5.11 Å². The fraction of sp³-hybridized carbons (Fsp3) is 0.417. The van der Waals surface area contributed by atoms with E-state index < -0.39 is 22.0 Å². The molecule has 7 heteroatoms. The summed E-state index contributed by atoms with van der Waals surface area (Å²) in [6.07, 6.45) is 0. The number of hydrogen-bond donors (Lipinski definition) is 2. The molecule has 1 aromatic rings. The van der Waals surface area contributed by atoms with Crippen molar-refractivity contribution in [3.05, 3.63) is 29.8 Å². The molecule has 0 spiro atoms. The molecule has 100 valence electrons. The van der Waals surface area contributed by atoms with Gasteiger partial charge in [0.15, 0.2) is 0 Å². The fourth-order valence-electron chi connectivity index (χ4n) is 1.42. The van der Waals surface area contributed by atoms with Crippen LogP contribution in [-0.4, -0.2) is 25.5 Å². The molecule has 0 amide bonds. The molecule has 0 fully saturated rings. The summed E-state index contributed by atoms with van der Waals surface area (Å²) in [5.74, 6) is -1.51. The van der Waals surface area contributed by atoms with Crippen LogP contribution in [-0.2, 0) is 14.8 Å². The summed E-state index contributed by atoms with van der Waals surface area (Å²) in [6.45, 7) is 5.14. The molecule has 0 saturated heterocycles. The first-order valence-corrected chi connectivity index (χ1v) is 7.04. The summed E-state index contributed by atoms with van der Waals surface area (Å²) in [7, 11) is -3.80. The van der Waals surface area contributed by atoms with Crippen LogP contribution in [0.3, 0.4) is 0 Å². The van der Waals surface area contributed by atoms with E-state index in [1.807, 2.05) is 6.92 Å². The Morgan fingerprint density at radius 2 is 1.68 bits per heavy atom. The predicted octanol–water partition coefficient (Wildman–Crippen LogP) is -1.61. The van der Waals surface area contributed by atoms with Crippen LogP contribution in [0, 0.1) is 12.8 Å². The van der Waals surface area contributed by atoms with E-state index in [1.54, 1.807) is 26.0 Å². The van der Waals surface area contributed by atoms with Crippen molar-refractivity contribution in [3.8, 4) is 0 Å². The summed E-state index contributed by atoms with van der Waals surface area (Å²) in [5.41, 5.74) is 0.938. The molecule has 0 bridgehead atoms. The van der Waals surface area contributed by atoms with Crippen LogP contribution in [0.1, 0.15) is 19.4 Å². The number of aryl methyl sites for hydroxylation is 1. The van der Waals surface area contributed by atoms with Gasteiger partial charge in [-0.25, -0.2) is 8.42 Å². The molecule has 0 aliphatic heterocycles. The van der Waals surface area contributed by atoms with Gasteiger partial charge in [-0.2, -0.15) is 4.72 Å². The molecule has 0 aliphatic rings. The number of carboxylic acid groups (broad SMARTS) is 1. The Morgan fingerprint density at radius 3 is 2.05 bits per heavy atom. The van der Waals surface area contributed by atoms with Gasteiger partial charge in [-0.3, -0.25) is 4.79 Å². The zero-order valence-electron chi connectivity index (χ0n) is 11.5. The first-order chi connectivity index (χ1) is 8.24. The van der Waals surface area contributed by atoms with Crippen LogP contribution in [0.2, 0.25) is 0 Å². The Balaban J connectivity index is 0.00000324. The van der Waals surface area contributed by atoms with Gasteiger partial charge in [-0.15, -0.1) is 0 Å². The number of nitrogens with one attached hydrogen (secondary N) is 1. The molecule has 1 rings (SSSR count). The van der Waals surface area contributed by atoms with Crippen LogP contribution in [0.5, 0.6) is 0 Å². The monoisotopic (exact) mass is 294 g/mol. The fourth-order valence-corrected chi connectivity index (χ4v) is 2.76. The molecular formula is C12H17NNaO4S+. The molecule has 1 atom stereocenters. The van der Waals surface area contributed by atoms with Crippen LogP contribution >= 0.6 is 0 Å². The number of aliphatic carboxylic acids is 1. The van der Waals surface area contributed by atoms with E-state index in [2.05, 4.69) is 4.72 Å². The third-order valence-electron chi connectivity index (χ3n) is 2.55. The summed E-state index contributed by atoms with van der Waals surface area (Å²) in [6, 6.07) is 5.11. The van der Waals surface area contributed by atoms with Gasteiger partial charge in [0.25, 0.3) is 0 Å². The molecule has 0 aliphatic carbocycles. The molecule has 0 aromatic heterocycles. The van der Waals surface area contributed by atoms with Gasteiger partial charge in [-0.1, -0.05) is 31.5 Å². The number of sulfonamides is 1. The Hall–Kier alpha value is -0.400. The zero-order valence-corrected chi connectivity index (χ0v) is 14.4. The van der Waals surface area contributed by atoms with Gasteiger partial charge in [0.1, 0.15) is 6.04 Å². The van der Waals surface area contributed by atoms with Crippen molar-refractivity contribution in [1.29, 1.82) is 0 Å². The molecule has 0 saturated carbocycles. The normalized spacial score (nSPS) is 12.8. The third-order valence-corrected chi connectivity index (χ3v) is 4.00. The van der Waals surface area contributed by atoms with E-state index in [4.69, 9.17) is 5.11 Å². The van der Waals surface area contributed by atoms with Crippen molar-refractivity contribution >= 4 is 16.0 Å². The van der Waals surface area contributed by atoms with Crippen molar-refractivity contribution < 1.29 is 47.9 Å². The van der Waals surface area contributed by atoms with E-state index in [0.29, 0.717) is 0 Å². The molecule has 0 radical (unpaired) electrons. The van der Waals surface area contributed by atoms with Gasteiger partial charge in [0, 0.05) is 0 Å². The number of rotatable bonds is 5. The van der Waals surface area contributed by atoms with Crippen molar-refractivity contribution in [3.63, 3.8) is 0 Å². The topological polar surface area (TPSA) is 83.5 Å². The minimum Gasteiger partial charge on any atom is -0.480 e. The second-order valence-electron chi connectivity index (χ2n) is 4.49. The van der Waals surface area contributed by atoms with E-state index >= 15 is 0 Å². The predicted molar refractivity (Wildman–Crippen MR) is 67.8 cm³/mol. The van der Waals surface area contributed by atoms with Crippen molar-refractivity contribution in [2.75, 3.05) is 0 Å². The average molecular weight is 294 g/mol. The van der Waals surface area contributed by atoms with Gasteiger partial charge in [-0.05, 0) is 25.0 Å². The maximum Gasteiger partial charge on any atom is 1.00 e. The summed E-state index contributed by atoms with van der Waals surface area (Å²) in [4.78, 5) is 11.0. The summed E-state index contributed by atoms with van der Waals surface area (Å²) >= 11 is 0. The van der Waals surface area contributed by atoms with Crippen molar-refractivity contribution in [2.24, 2.45) is 5.92 Å². The Bertz CT molecular complexity index is 525. The Morgan fingerprint density at radius 1 is 1.21 bits per heavy atom. The second-order valence-corrected chi connectivity index (χ2v) is 6.21. The van der Waals surface area contributed by atoms with Gasteiger partial charge in [0.05, 0.1) is 4.90 Å². The number of carbonyl (C=O) groups is 1. The molecule has 1 aromatic carbocycles. The number of hydrogen-bond acceptors (Lipinski definition) is 3. The molecule has 0 heterocycles. The number of carboxylic acids is 1. The quantitative estimate of drug-likeness (QED) is 0.640. The minimum atomic E-state index is -3.80. The summed E-state index contributed by atoms with van der Waals surface area (Å²) < 4.78 is 26.2. The van der Waals surface area contributed by atoms with Gasteiger partial charge >= 0.3 is 35.5 Å². The van der Waals surface area contributed by atoms with E-state index in [0.717, 1.165) is 5.56 Å². The maximum absolute atomic E-state index is 12.0. The second kappa shape index (κ2) is 7.40. The van der Waals surface area contributed by atoms with Gasteiger partial charge in [0.2, 0.25) is 10.0 Å². The molecular weight excluding hydrogens is 277 g/mol. The largest absolute Gasteiger partial charge is 1.00 e. The van der Waals surface area contributed by atoms with E-state index in [-0.39, 0.29) is 40.4 Å². The van der Waals surface area contributed by atoms with Crippen LogP contribution in [0.25, 0.3) is 0 Å². The standard InChI is InChI=1S/C12H17NO4S.Na/c1-8(2)11(12(14)15)13-18(16,17)10-6-4-9(3)5-7-10;/h4-8,11,13H,1-3H3,(H,14,15);/q;+1/t11-;/m0./s1. The van der Waals surface area contributed by atoms with E-state index in [1.165, 1.54) is 12.1 Å². The minimum absolute atomic E-state index is 0. The van der Waals surface area contributed by atoms with Crippen LogP contribution < -0.4 is 34.3 Å². The summed E-state index contributed by atoms with van der Waals surface area (Å²) in [5, 5.41) is 8.97. The molecule has 19 heavy (non-hydrogen) atoms. The first-order valence-electron chi connectivity index (χ1n) is 5.56. The average Bonchev–Trinajstić information content (AvgIpc) is 2.26. The SMILES string of the molecule is Cc1ccc(S(=O)(=O)N[C@H](C(=O)O)C(C)C)cc1.[Na+]. The number of benzene rings is 1. The zero-order chi connectivity index (χ0) is 13.9. The van der Waals surface area contributed by atoms with Crippen LogP contribution in [0.15, 0.2) is 29.2 Å². The van der Waals surface area contributed by atoms with E-state index in [9.17, 15) is 13.2 Å². The van der Waals surface area contributed by atoms with Crippen molar-refractivity contribution in [1.82, 2.24) is 4.72 Å². The maximum atomic E-state index is 12.0. The smallest absolute Gasteiger partial charge is 0.480 e. The molecule has 5 nitrogen and oxygen atoms in total. The van der Waals surface area contributed by atoms with Crippen molar-refractivity contribution in [2.45, 2.75) is 31.7 Å². The molecule has 0 unspecified atom stereocenters. The first kappa shape index (κ1) is 18.6. The Kier molecular flexibility index (Phi) is 7.24. The third kappa shape index (κ3) is 5.24. The molecule has 2 N–H and O–H groups in total. The van der Waals surface area contributed by atoms with Crippen LogP contribution in [0.4, 0.5) is 0 Å². The Labute approximate surface area is 135 Å².